The molecule has 3 heterocycles. The highest BCUT2D eigenvalue weighted by Crippen LogP contribution is 2.28. The van der Waals surface area contributed by atoms with Crippen LogP contribution in [0.25, 0.3) is 10.9 Å². The summed E-state index contributed by atoms with van der Waals surface area (Å²) in [6.07, 6.45) is 5.06. The number of benzene rings is 1. The highest BCUT2D eigenvalue weighted by molar-refractivity contribution is 5.83. The molecule has 4 rings (SSSR count). The fourth-order valence-corrected chi connectivity index (χ4v) is 4.06. The number of likely N-dealkylation sites (tertiary alicyclic amines) is 1. The third kappa shape index (κ3) is 2.05. The molecule has 0 amide bonds. The zero-order valence-corrected chi connectivity index (χ0v) is 12.2. The van der Waals surface area contributed by atoms with Crippen LogP contribution in [0.2, 0.25) is 0 Å². The molecule has 2 fully saturated rings. The Morgan fingerprint density at radius 2 is 2.15 bits per heavy atom. The van der Waals surface area contributed by atoms with Crippen LogP contribution in [0.5, 0.6) is 0 Å². The molecule has 2 saturated heterocycles. The SMILES string of the molecule is Cn1cc(CN2C[C@@H]3CCCN[C@@H]3C2)c2ccccc21. The Hall–Kier alpha value is -1.32. The molecule has 2 aliphatic heterocycles. The van der Waals surface area contributed by atoms with Crippen molar-refractivity contribution in [2.75, 3.05) is 19.6 Å². The summed E-state index contributed by atoms with van der Waals surface area (Å²) in [6, 6.07) is 9.48. The topological polar surface area (TPSA) is 20.2 Å². The van der Waals surface area contributed by atoms with E-state index in [1.807, 2.05) is 0 Å². The van der Waals surface area contributed by atoms with Gasteiger partial charge in [-0.15, -0.1) is 0 Å². The van der Waals surface area contributed by atoms with E-state index >= 15 is 0 Å². The monoisotopic (exact) mass is 269 g/mol. The van der Waals surface area contributed by atoms with E-state index in [1.54, 1.807) is 0 Å². The standard InChI is InChI=1S/C17H23N3/c1-19-9-14(15-6-2-3-7-17(15)19)11-20-10-13-5-4-8-18-16(13)12-20/h2-3,6-7,9,13,16,18H,4-5,8,10-12H2,1H3/t13-,16+/m0/s1. The van der Waals surface area contributed by atoms with Crippen LogP contribution < -0.4 is 5.32 Å². The summed E-state index contributed by atoms with van der Waals surface area (Å²) in [5.41, 5.74) is 2.82. The van der Waals surface area contributed by atoms with Gasteiger partial charge in [-0.1, -0.05) is 18.2 Å². The molecule has 1 aromatic heterocycles. The third-order valence-electron chi connectivity index (χ3n) is 5.05. The first-order chi connectivity index (χ1) is 9.81. The van der Waals surface area contributed by atoms with Gasteiger partial charge >= 0.3 is 0 Å². The smallest absolute Gasteiger partial charge is 0.0481 e. The van der Waals surface area contributed by atoms with E-state index in [2.05, 4.69) is 52.3 Å². The van der Waals surface area contributed by atoms with Crippen LogP contribution in [0.4, 0.5) is 0 Å². The molecule has 3 nitrogen and oxygen atoms in total. The Balaban J connectivity index is 1.56. The molecule has 2 atom stereocenters. The van der Waals surface area contributed by atoms with Crippen molar-refractivity contribution in [1.29, 1.82) is 0 Å². The van der Waals surface area contributed by atoms with E-state index < -0.39 is 0 Å². The van der Waals surface area contributed by atoms with Gasteiger partial charge in [-0.3, -0.25) is 4.90 Å². The zero-order valence-electron chi connectivity index (χ0n) is 12.2. The van der Waals surface area contributed by atoms with Crippen molar-refractivity contribution in [2.45, 2.75) is 25.4 Å². The minimum Gasteiger partial charge on any atom is -0.350 e. The second kappa shape index (κ2) is 4.90. The van der Waals surface area contributed by atoms with Crippen molar-refractivity contribution >= 4 is 10.9 Å². The van der Waals surface area contributed by atoms with E-state index in [0.29, 0.717) is 0 Å². The molecular weight excluding hydrogens is 246 g/mol. The number of hydrogen-bond acceptors (Lipinski definition) is 2. The van der Waals surface area contributed by atoms with Gasteiger partial charge in [-0.25, -0.2) is 0 Å². The van der Waals surface area contributed by atoms with Crippen LogP contribution in [0.3, 0.4) is 0 Å². The molecule has 1 aromatic carbocycles. The summed E-state index contributed by atoms with van der Waals surface area (Å²) in [4.78, 5) is 2.63. The van der Waals surface area contributed by atoms with Crippen molar-refractivity contribution in [1.82, 2.24) is 14.8 Å². The van der Waals surface area contributed by atoms with Gasteiger partial charge in [-0.05, 0) is 36.9 Å². The van der Waals surface area contributed by atoms with Gasteiger partial charge in [-0.2, -0.15) is 0 Å². The molecular formula is C17H23N3. The maximum atomic E-state index is 3.69. The van der Waals surface area contributed by atoms with Crippen LogP contribution in [0, 0.1) is 5.92 Å². The lowest BCUT2D eigenvalue weighted by Gasteiger charge is -2.24. The fraction of sp³-hybridized carbons (Fsp3) is 0.529. The molecule has 20 heavy (non-hydrogen) atoms. The summed E-state index contributed by atoms with van der Waals surface area (Å²) < 4.78 is 2.26. The molecule has 2 aromatic rings. The Bertz CT molecular complexity index is 602. The molecule has 0 bridgehead atoms. The van der Waals surface area contributed by atoms with Gasteiger partial charge in [0.25, 0.3) is 0 Å². The summed E-state index contributed by atoms with van der Waals surface area (Å²) in [7, 11) is 2.15. The maximum Gasteiger partial charge on any atom is 0.0481 e. The van der Waals surface area contributed by atoms with Crippen molar-refractivity contribution in [2.24, 2.45) is 13.0 Å². The van der Waals surface area contributed by atoms with Crippen molar-refractivity contribution < 1.29 is 0 Å². The maximum absolute atomic E-state index is 3.69. The van der Waals surface area contributed by atoms with Gasteiger partial charge in [0.2, 0.25) is 0 Å². The first-order valence-corrected chi connectivity index (χ1v) is 7.80. The molecule has 1 N–H and O–H groups in total. The second-order valence-corrected chi connectivity index (χ2v) is 6.44. The van der Waals surface area contributed by atoms with Crippen molar-refractivity contribution in [3.8, 4) is 0 Å². The number of fused-ring (bicyclic) bond motifs is 2. The average Bonchev–Trinajstić information content (AvgIpc) is 3.01. The Morgan fingerprint density at radius 3 is 3.05 bits per heavy atom. The van der Waals surface area contributed by atoms with Gasteiger partial charge in [0.05, 0.1) is 0 Å². The summed E-state index contributed by atoms with van der Waals surface area (Å²) >= 11 is 0. The van der Waals surface area contributed by atoms with E-state index in [1.165, 1.54) is 48.9 Å². The predicted octanol–water partition coefficient (Wildman–Crippen LogP) is 2.36. The van der Waals surface area contributed by atoms with Crippen LogP contribution >= 0.6 is 0 Å². The van der Waals surface area contributed by atoms with Crippen molar-refractivity contribution in [3.63, 3.8) is 0 Å². The van der Waals surface area contributed by atoms with Crippen LogP contribution in [-0.4, -0.2) is 35.1 Å². The lowest BCUT2D eigenvalue weighted by atomic mass is 9.94. The summed E-state index contributed by atoms with van der Waals surface area (Å²) in [6.45, 7) is 4.79. The molecule has 0 spiro atoms. The van der Waals surface area contributed by atoms with Crippen LogP contribution in [0.1, 0.15) is 18.4 Å². The number of rotatable bonds is 2. The number of nitrogens with zero attached hydrogens (tertiary/aromatic N) is 2. The number of para-hydroxylation sites is 1. The average molecular weight is 269 g/mol. The summed E-state index contributed by atoms with van der Waals surface area (Å²) in [5.74, 6) is 0.874. The zero-order chi connectivity index (χ0) is 13.5. The number of hydrogen-bond donors (Lipinski definition) is 1. The van der Waals surface area contributed by atoms with E-state index in [4.69, 9.17) is 0 Å². The first-order valence-electron chi connectivity index (χ1n) is 7.80. The highest BCUT2D eigenvalue weighted by atomic mass is 15.2. The Kier molecular flexibility index (Phi) is 3.04. The largest absolute Gasteiger partial charge is 0.350 e. The predicted molar refractivity (Wildman–Crippen MR) is 82.7 cm³/mol. The number of nitrogens with one attached hydrogen (secondary N) is 1. The minimum absolute atomic E-state index is 0.735. The molecule has 0 unspecified atom stereocenters. The number of piperidine rings is 1. The fourth-order valence-electron chi connectivity index (χ4n) is 4.06. The lowest BCUT2D eigenvalue weighted by molar-refractivity contribution is 0.313. The second-order valence-electron chi connectivity index (χ2n) is 6.44. The number of aryl methyl sites for hydroxylation is 1. The molecule has 0 aliphatic carbocycles. The minimum atomic E-state index is 0.735. The quantitative estimate of drug-likeness (QED) is 0.903. The van der Waals surface area contributed by atoms with Crippen LogP contribution in [0.15, 0.2) is 30.5 Å². The molecule has 106 valence electrons. The highest BCUT2D eigenvalue weighted by Gasteiger charge is 2.34. The van der Waals surface area contributed by atoms with Gasteiger partial charge in [0.1, 0.15) is 0 Å². The van der Waals surface area contributed by atoms with E-state index in [0.717, 1.165) is 18.5 Å². The third-order valence-corrected chi connectivity index (χ3v) is 5.05. The molecule has 2 aliphatic rings. The molecule has 0 radical (unpaired) electrons. The van der Waals surface area contributed by atoms with Gasteiger partial charge in [0.15, 0.2) is 0 Å². The van der Waals surface area contributed by atoms with Crippen molar-refractivity contribution in [3.05, 3.63) is 36.0 Å². The molecule has 0 saturated carbocycles. The first kappa shape index (κ1) is 12.4. The Morgan fingerprint density at radius 1 is 1.25 bits per heavy atom. The van der Waals surface area contributed by atoms with E-state index in [-0.39, 0.29) is 0 Å². The normalized spacial score (nSPS) is 27.1. The lowest BCUT2D eigenvalue weighted by Crippen LogP contribution is -2.40. The number of aromatic nitrogens is 1. The molecule has 3 heteroatoms. The van der Waals surface area contributed by atoms with Gasteiger partial charge < -0.3 is 9.88 Å². The van der Waals surface area contributed by atoms with E-state index in [9.17, 15) is 0 Å². The summed E-state index contributed by atoms with van der Waals surface area (Å²) in [5, 5.41) is 5.11. The van der Waals surface area contributed by atoms with Crippen LogP contribution in [-0.2, 0) is 13.6 Å². The Labute approximate surface area is 120 Å². The van der Waals surface area contributed by atoms with Gasteiger partial charge in [0, 0.05) is 49.8 Å².